The van der Waals surface area contributed by atoms with Crippen LogP contribution >= 0.6 is 23.1 Å². The number of nitrogens with zero attached hydrogens (tertiary/aromatic N) is 3. The van der Waals surface area contributed by atoms with E-state index in [2.05, 4.69) is 27.6 Å². The Morgan fingerprint density at radius 2 is 1.96 bits per heavy atom. The first kappa shape index (κ1) is 18.5. The zero-order valence-corrected chi connectivity index (χ0v) is 16.7. The van der Waals surface area contributed by atoms with Crippen molar-refractivity contribution >= 4 is 34.7 Å². The third kappa shape index (κ3) is 3.76. The SMILES string of the molecule is Cc1cc(C)c(NC(=O)C(C)Sc2nnc(-c3cccs3)n2N)c(C)c1. The molecule has 6 nitrogen and oxygen atoms in total. The normalized spacial score (nSPS) is 12.2. The summed E-state index contributed by atoms with van der Waals surface area (Å²) >= 11 is 2.83. The van der Waals surface area contributed by atoms with E-state index in [1.165, 1.54) is 22.0 Å². The third-order valence-electron chi connectivity index (χ3n) is 3.98. The summed E-state index contributed by atoms with van der Waals surface area (Å²) in [6.45, 7) is 7.87. The molecule has 0 radical (unpaired) electrons. The number of benzene rings is 1. The van der Waals surface area contributed by atoms with E-state index in [1.807, 2.05) is 45.2 Å². The molecule has 1 amide bonds. The summed E-state index contributed by atoms with van der Waals surface area (Å²) in [5.41, 5.74) is 4.14. The van der Waals surface area contributed by atoms with E-state index >= 15 is 0 Å². The molecule has 0 saturated carbocycles. The fourth-order valence-corrected chi connectivity index (χ4v) is 4.22. The fraction of sp³-hybridized carbons (Fsp3) is 0.278. The van der Waals surface area contributed by atoms with Gasteiger partial charge >= 0.3 is 0 Å². The number of nitrogens with one attached hydrogen (secondary N) is 1. The van der Waals surface area contributed by atoms with Crippen molar-refractivity contribution in [1.82, 2.24) is 14.9 Å². The second-order valence-electron chi connectivity index (χ2n) is 6.18. The minimum absolute atomic E-state index is 0.0919. The number of nitrogens with two attached hydrogens (primary N) is 1. The van der Waals surface area contributed by atoms with Crippen LogP contribution in [0.1, 0.15) is 23.6 Å². The summed E-state index contributed by atoms with van der Waals surface area (Å²) in [5.74, 6) is 6.61. The van der Waals surface area contributed by atoms with Crippen molar-refractivity contribution < 1.29 is 4.79 Å². The van der Waals surface area contributed by atoms with Crippen LogP contribution in [0.2, 0.25) is 0 Å². The number of aryl methyl sites for hydroxylation is 3. The van der Waals surface area contributed by atoms with Gasteiger partial charge in [0.25, 0.3) is 0 Å². The van der Waals surface area contributed by atoms with E-state index < -0.39 is 0 Å². The van der Waals surface area contributed by atoms with E-state index in [0.717, 1.165) is 21.7 Å². The quantitative estimate of drug-likeness (QED) is 0.514. The lowest BCUT2D eigenvalue weighted by atomic mass is 10.1. The summed E-state index contributed by atoms with van der Waals surface area (Å²) in [4.78, 5) is 13.6. The molecular formula is C18H21N5OS2. The van der Waals surface area contributed by atoms with E-state index in [-0.39, 0.29) is 11.2 Å². The van der Waals surface area contributed by atoms with Crippen molar-refractivity contribution in [3.63, 3.8) is 0 Å². The largest absolute Gasteiger partial charge is 0.335 e. The Kier molecular flexibility index (Phi) is 5.33. The highest BCUT2D eigenvalue weighted by Gasteiger charge is 2.21. The summed E-state index contributed by atoms with van der Waals surface area (Å²) in [7, 11) is 0. The van der Waals surface area contributed by atoms with Crippen molar-refractivity contribution in [3.05, 3.63) is 46.3 Å². The van der Waals surface area contributed by atoms with Gasteiger partial charge in [0, 0.05) is 5.69 Å². The van der Waals surface area contributed by atoms with E-state index in [0.29, 0.717) is 11.0 Å². The lowest BCUT2D eigenvalue weighted by Gasteiger charge is -2.15. The van der Waals surface area contributed by atoms with Crippen molar-refractivity contribution in [2.45, 2.75) is 38.1 Å². The number of hydrogen-bond donors (Lipinski definition) is 2. The van der Waals surface area contributed by atoms with E-state index in [1.54, 1.807) is 11.3 Å². The average Bonchev–Trinajstić information content (AvgIpc) is 3.21. The first-order valence-electron chi connectivity index (χ1n) is 8.16. The smallest absolute Gasteiger partial charge is 0.237 e. The summed E-state index contributed by atoms with van der Waals surface area (Å²) in [6.07, 6.45) is 0. The summed E-state index contributed by atoms with van der Waals surface area (Å²) < 4.78 is 1.43. The molecule has 0 spiro atoms. The van der Waals surface area contributed by atoms with Gasteiger partial charge in [-0.05, 0) is 50.3 Å². The van der Waals surface area contributed by atoms with Crippen molar-refractivity contribution in [2.24, 2.45) is 0 Å². The van der Waals surface area contributed by atoms with E-state index in [4.69, 9.17) is 5.84 Å². The molecule has 1 aromatic carbocycles. The molecule has 26 heavy (non-hydrogen) atoms. The van der Waals surface area contributed by atoms with Gasteiger partial charge in [-0.3, -0.25) is 4.79 Å². The minimum atomic E-state index is -0.363. The standard InChI is InChI=1S/C18H21N5OS2/c1-10-8-11(2)15(12(3)9-10)20-17(24)13(4)26-18-22-21-16(23(18)19)14-6-5-7-25-14/h5-9,13H,19H2,1-4H3,(H,20,24). The Morgan fingerprint density at radius 1 is 1.27 bits per heavy atom. The molecule has 2 aromatic heterocycles. The first-order chi connectivity index (χ1) is 12.4. The molecular weight excluding hydrogens is 366 g/mol. The van der Waals surface area contributed by atoms with Crippen molar-refractivity contribution in [1.29, 1.82) is 0 Å². The lowest BCUT2D eigenvalue weighted by Crippen LogP contribution is -2.24. The molecule has 0 aliphatic carbocycles. The number of anilines is 1. The highest BCUT2D eigenvalue weighted by atomic mass is 32.2. The minimum Gasteiger partial charge on any atom is -0.335 e. The number of carbonyl (C=O) groups excluding carboxylic acids is 1. The highest BCUT2D eigenvalue weighted by molar-refractivity contribution is 8.00. The molecule has 0 bridgehead atoms. The van der Waals surface area contributed by atoms with Crippen LogP contribution in [0.5, 0.6) is 0 Å². The van der Waals surface area contributed by atoms with Gasteiger partial charge in [-0.2, -0.15) is 0 Å². The van der Waals surface area contributed by atoms with Gasteiger partial charge in [0.2, 0.25) is 11.1 Å². The van der Waals surface area contributed by atoms with Crippen LogP contribution < -0.4 is 11.2 Å². The molecule has 3 aromatic rings. The Hall–Kier alpha value is -2.32. The van der Waals surface area contributed by atoms with Crippen LogP contribution in [0.4, 0.5) is 5.69 Å². The first-order valence-corrected chi connectivity index (χ1v) is 9.92. The monoisotopic (exact) mass is 387 g/mol. The number of carbonyl (C=O) groups is 1. The number of hydrogen-bond acceptors (Lipinski definition) is 6. The molecule has 3 rings (SSSR count). The van der Waals surface area contributed by atoms with Crippen LogP contribution in [0.15, 0.2) is 34.8 Å². The topological polar surface area (TPSA) is 85.8 Å². The van der Waals surface area contributed by atoms with Gasteiger partial charge in [-0.15, -0.1) is 21.5 Å². The van der Waals surface area contributed by atoms with Crippen LogP contribution in [0.25, 0.3) is 10.7 Å². The Labute approximate surface area is 160 Å². The van der Waals surface area contributed by atoms with Gasteiger partial charge in [0.05, 0.1) is 10.1 Å². The maximum atomic E-state index is 12.6. The van der Waals surface area contributed by atoms with Gasteiger partial charge in [0.15, 0.2) is 5.82 Å². The number of thiophene rings is 1. The predicted molar refractivity (Wildman–Crippen MR) is 108 cm³/mol. The van der Waals surface area contributed by atoms with Crippen LogP contribution in [0.3, 0.4) is 0 Å². The van der Waals surface area contributed by atoms with E-state index in [9.17, 15) is 4.79 Å². The maximum absolute atomic E-state index is 12.6. The number of nitrogen functional groups attached to an aromatic ring is 1. The third-order valence-corrected chi connectivity index (χ3v) is 5.91. The second-order valence-corrected chi connectivity index (χ2v) is 8.43. The number of amides is 1. The molecule has 1 atom stereocenters. The molecule has 136 valence electrons. The molecule has 2 heterocycles. The van der Waals surface area contributed by atoms with Crippen molar-refractivity contribution in [3.8, 4) is 10.7 Å². The second kappa shape index (κ2) is 7.51. The van der Waals surface area contributed by atoms with Gasteiger partial charge in [-0.1, -0.05) is 35.5 Å². The van der Waals surface area contributed by atoms with Gasteiger partial charge in [-0.25, -0.2) is 4.68 Å². The van der Waals surface area contributed by atoms with Crippen LogP contribution in [-0.4, -0.2) is 26.0 Å². The molecule has 3 N–H and O–H groups in total. The molecule has 1 unspecified atom stereocenters. The molecule has 0 aliphatic rings. The molecule has 0 aliphatic heterocycles. The zero-order chi connectivity index (χ0) is 18.8. The van der Waals surface area contributed by atoms with Gasteiger partial charge in [0.1, 0.15) is 0 Å². The summed E-state index contributed by atoms with van der Waals surface area (Å²) in [5, 5.41) is 13.4. The van der Waals surface area contributed by atoms with Gasteiger partial charge < -0.3 is 11.2 Å². The number of rotatable bonds is 5. The van der Waals surface area contributed by atoms with Crippen molar-refractivity contribution in [2.75, 3.05) is 11.2 Å². The van der Waals surface area contributed by atoms with Crippen LogP contribution in [0, 0.1) is 20.8 Å². The predicted octanol–water partition coefficient (Wildman–Crippen LogP) is 3.76. The molecule has 0 saturated heterocycles. The lowest BCUT2D eigenvalue weighted by molar-refractivity contribution is -0.115. The maximum Gasteiger partial charge on any atom is 0.237 e. The molecule has 0 fully saturated rings. The van der Waals surface area contributed by atoms with Crippen LogP contribution in [-0.2, 0) is 4.79 Å². The summed E-state index contributed by atoms with van der Waals surface area (Å²) in [6, 6.07) is 7.99. The number of aromatic nitrogens is 3. The molecule has 8 heteroatoms. The fourth-order valence-electron chi connectivity index (χ4n) is 2.74. The Morgan fingerprint density at radius 3 is 2.58 bits per heavy atom. The average molecular weight is 388 g/mol. The number of thioether (sulfide) groups is 1. The Bertz CT molecular complexity index is 910. The zero-order valence-electron chi connectivity index (χ0n) is 15.1. The highest BCUT2D eigenvalue weighted by Crippen LogP contribution is 2.28. The Balaban J connectivity index is 1.73.